The first-order valence-corrected chi connectivity index (χ1v) is 9.35. The molecular weight excluding hydrogens is 386 g/mol. The molecule has 0 saturated carbocycles. The molecule has 0 spiro atoms. The van der Waals surface area contributed by atoms with Crippen LogP contribution in [0.5, 0.6) is 5.75 Å². The molecule has 7 nitrogen and oxygen atoms in total. The second-order valence-corrected chi connectivity index (χ2v) is 6.87. The van der Waals surface area contributed by atoms with E-state index in [2.05, 4.69) is 20.3 Å². The third-order valence-corrected chi connectivity index (χ3v) is 4.89. The first kappa shape index (κ1) is 17.6. The van der Waals surface area contributed by atoms with Crippen LogP contribution in [0.3, 0.4) is 0 Å². The molecule has 0 aliphatic rings. The average molecular weight is 400 g/mol. The molecule has 0 unspecified atom stereocenters. The monoisotopic (exact) mass is 399 g/mol. The fraction of sp³-hybridized carbons (Fsp3) is 0.111. The van der Waals surface area contributed by atoms with Crippen molar-refractivity contribution in [2.45, 2.75) is 10.9 Å². The van der Waals surface area contributed by atoms with Crippen molar-refractivity contribution in [3.63, 3.8) is 0 Å². The highest BCUT2D eigenvalue weighted by atomic mass is 35.5. The number of ether oxygens (including phenoxy) is 1. The topological polar surface area (TPSA) is 78.9 Å². The van der Waals surface area contributed by atoms with Gasteiger partial charge in [-0.25, -0.2) is 0 Å². The Morgan fingerprint density at radius 2 is 2.07 bits per heavy atom. The van der Waals surface area contributed by atoms with Gasteiger partial charge in [-0.15, -0.1) is 10.2 Å². The van der Waals surface area contributed by atoms with Crippen LogP contribution >= 0.6 is 23.4 Å². The van der Waals surface area contributed by atoms with E-state index in [9.17, 15) is 0 Å². The summed E-state index contributed by atoms with van der Waals surface area (Å²) in [5.41, 5.74) is 1.72. The van der Waals surface area contributed by atoms with Gasteiger partial charge in [0.25, 0.3) is 0 Å². The van der Waals surface area contributed by atoms with E-state index in [-0.39, 0.29) is 0 Å². The summed E-state index contributed by atoms with van der Waals surface area (Å²) < 4.78 is 12.4. The number of thioether (sulfide) groups is 1. The Morgan fingerprint density at radius 1 is 1.19 bits per heavy atom. The molecule has 4 aromatic rings. The number of hydrogen-bond acceptors (Lipinski definition) is 7. The number of rotatable bonds is 6. The maximum atomic E-state index is 6.07. The highest BCUT2D eigenvalue weighted by Gasteiger charge is 2.13. The van der Waals surface area contributed by atoms with Gasteiger partial charge in [0, 0.05) is 10.6 Å². The molecule has 2 heterocycles. The van der Waals surface area contributed by atoms with E-state index in [1.165, 1.54) is 11.8 Å². The minimum Gasteiger partial charge on any atom is -0.497 e. The normalized spacial score (nSPS) is 10.9. The standard InChI is InChI=1S/C18H14ClN5O2S/c1-25-15-7-2-4-12(8-15)17-21-16(26-23-17)10-27-18-22-20-11-24(18)14-6-3-5-13(19)9-14/h2-9,11H,10H2,1H3. The molecule has 0 amide bonds. The number of methoxy groups -OCH3 is 1. The molecule has 2 aromatic heterocycles. The minimum atomic E-state index is 0.468. The molecule has 0 saturated heterocycles. The molecule has 2 aromatic carbocycles. The Hall–Kier alpha value is -2.84. The Balaban J connectivity index is 1.49. The molecule has 0 radical (unpaired) electrons. The number of halogens is 1. The Morgan fingerprint density at radius 3 is 2.93 bits per heavy atom. The van der Waals surface area contributed by atoms with Crippen LogP contribution in [0.1, 0.15) is 5.89 Å². The number of aromatic nitrogens is 5. The average Bonchev–Trinajstić information content (AvgIpc) is 3.36. The lowest BCUT2D eigenvalue weighted by molar-refractivity contribution is 0.391. The van der Waals surface area contributed by atoms with E-state index >= 15 is 0 Å². The van der Waals surface area contributed by atoms with Gasteiger partial charge >= 0.3 is 0 Å². The second kappa shape index (κ2) is 7.81. The number of hydrogen-bond donors (Lipinski definition) is 0. The highest BCUT2D eigenvalue weighted by molar-refractivity contribution is 7.98. The van der Waals surface area contributed by atoms with Crippen LogP contribution < -0.4 is 4.74 Å². The van der Waals surface area contributed by atoms with Crippen LogP contribution in [-0.4, -0.2) is 32.0 Å². The smallest absolute Gasteiger partial charge is 0.237 e. The van der Waals surface area contributed by atoms with E-state index in [0.29, 0.717) is 27.6 Å². The van der Waals surface area contributed by atoms with Crippen molar-refractivity contribution in [3.05, 3.63) is 65.8 Å². The van der Waals surface area contributed by atoms with Crippen molar-refractivity contribution in [1.29, 1.82) is 0 Å². The van der Waals surface area contributed by atoms with Crippen LogP contribution in [0.4, 0.5) is 0 Å². The quantitative estimate of drug-likeness (QED) is 0.448. The van der Waals surface area contributed by atoms with Crippen LogP contribution in [-0.2, 0) is 5.75 Å². The maximum Gasteiger partial charge on any atom is 0.237 e. The van der Waals surface area contributed by atoms with Gasteiger partial charge in [0.2, 0.25) is 11.7 Å². The largest absolute Gasteiger partial charge is 0.497 e. The zero-order valence-electron chi connectivity index (χ0n) is 14.2. The summed E-state index contributed by atoms with van der Waals surface area (Å²) in [6, 6.07) is 15.0. The summed E-state index contributed by atoms with van der Waals surface area (Å²) in [5, 5.41) is 13.5. The van der Waals surface area contributed by atoms with Gasteiger partial charge in [-0.2, -0.15) is 4.98 Å². The number of nitrogens with zero attached hydrogens (tertiary/aromatic N) is 5. The SMILES string of the molecule is COc1cccc(-c2noc(CSc3nncn3-c3cccc(Cl)c3)n2)c1. The van der Waals surface area contributed by atoms with E-state index in [1.807, 2.05) is 53.1 Å². The van der Waals surface area contributed by atoms with E-state index in [1.54, 1.807) is 13.4 Å². The van der Waals surface area contributed by atoms with Crippen molar-refractivity contribution < 1.29 is 9.26 Å². The predicted molar refractivity (Wildman–Crippen MR) is 102 cm³/mol. The Labute approximate surface area is 164 Å². The summed E-state index contributed by atoms with van der Waals surface area (Å²) in [6.45, 7) is 0. The molecular formula is C18H14ClN5O2S. The molecule has 27 heavy (non-hydrogen) atoms. The van der Waals surface area contributed by atoms with Gasteiger partial charge in [0.1, 0.15) is 12.1 Å². The van der Waals surface area contributed by atoms with Gasteiger partial charge < -0.3 is 9.26 Å². The van der Waals surface area contributed by atoms with E-state index in [4.69, 9.17) is 20.9 Å². The first-order chi connectivity index (χ1) is 13.2. The maximum absolute atomic E-state index is 6.07. The summed E-state index contributed by atoms with van der Waals surface area (Å²) in [7, 11) is 1.62. The van der Waals surface area contributed by atoms with E-state index in [0.717, 1.165) is 17.0 Å². The van der Waals surface area contributed by atoms with Crippen LogP contribution in [0.2, 0.25) is 5.02 Å². The summed E-state index contributed by atoms with van der Waals surface area (Å²) in [6.07, 6.45) is 1.64. The van der Waals surface area contributed by atoms with Gasteiger partial charge in [0.15, 0.2) is 5.16 Å². The molecule has 0 atom stereocenters. The molecule has 0 N–H and O–H groups in total. The van der Waals surface area contributed by atoms with E-state index < -0.39 is 0 Å². The van der Waals surface area contributed by atoms with Crippen molar-refractivity contribution in [1.82, 2.24) is 24.9 Å². The fourth-order valence-electron chi connectivity index (χ4n) is 2.45. The molecule has 136 valence electrons. The summed E-state index contributed by atoms with van der Waals surface area (Å²) in [5.74, 6) is 2.22. The predicted octanol–water partition coefficient (Wildman–Crippen LogP) is 4.27. The summed E-state index contributed by atoms with van der Waals surface area (Å²) >= 11 is 7.52. The Bertz CT molecular complexity index is 1070. The number of benzene rings is 2. The lowest BCUT2D eigenvalue weighted by atomic mass is 10.2. The first-order valence-electron chi connectivity index (χ1n) is 7.99. The second-order valence-electron chi connectivity index (χ2n) is 5.50. The summed E-state index contributed by atoms with van der Waals surface area (Å²) in [4.78, 5) is 4.44. The molecule has 0 bridgehead atoms. The zero-order valence-corrected chi connectivity index (χ0v) is 15.8. The molecule has 4 rings (SSSR count). The van der Waals surface area contributed by atoms with Gasteiger partial charge in [-0.05, 0) is 30.3 Å². The Kier molecular flexibility index (Phi) is 5.08. The molecule has 0 aliphatic heterocycles. The fourth-order valence-corrected chi connectivity index (χ4v) is 3.40. The van der Waals surface area contributed by atoms with Gasteiger partial charge in [0.05, 0.1) is 18.6 Å². The van der Waals surface area contributed by atoms with Gasteiger partial charge in [-0.1, -0.05) is 46.7 Å². The molecule has 0 fully saturated rings. The van der Waals surface area contributed by atoms with Crippen molar-refractivity contribution in [2.24, 2.45) is 0 Å². The zero-order chi connectivity index (χ0) is 18.6. The highest BCUT2D eigenvalue weighted by Crippen LogP contribution is 2.26. The lowest BCUT2D eigenvalue weighted by Crippen LogP contribution is -1.95. The van der Waals surface area contributed by atoms with Crippen LogP contribution in [0.15, 0.2) is 64.5 Å². The molecule has 9 heteroatoms. The third kappa shape index (κ3) is 3.96. The third-order valence-electron chi connectivity index (χ3n) is 3.72. The van der Waals surface area contributed by atoms with Gasteiger partial charge in [-0.3, -0.25) is 4.57 Å². The van der Waals surface area contributed by atoms with Crippen molar-refractivity contribution >= 4 is 23.4 Å². The van der Waals surface area contributed by atoms with Crippen molar-refractivity contribution in [2.75, 3.05) is 7.11 Å². The van der Waals surface area contributed by atoms with Crippen LogP contribution in [0, 0.1) is 0 Å². The minimum absolute atomic E-state index is 0.468. The van der Waals surface area contributed by atoms with Crippen LogP contribution in [0.25, 0.3) is 17.1 Å². The molecule has 0 aliphatic carbocycles. The lowest BCUT2D eigenvalue weighted by Gasteiger charge is -2.05. The van der Waals surface area contributed by atoms with Crippen molar-refractivity contribution in [3.8, 4) is 22.8 Å².